The Morgan fingerprint density at radius 3 is 1.26 bits per heavy atom. The zero-order chi connectivity index (χ0) is 42.3. The third-order valence-corrected chi connectivity index (χ3v) is 9.66. The molecule has 58 heavy (non-hydrogen) atoms. The van der Waals surface area contributed by atoms with E-state index in [0.29, 0.717) is 19.3 Å². The zero-order valence-corrected chi connectivity index (χ0v) is 37.5. The van der Waals surface area contributed by atoms with Crippen LogP contribution in [-0.2, 0) is 28.6 Å². The van der Waals surface area contributed by atoms with Gasteiger partial charge in [-0.3, -0.25) is 14.4 Å². The van der Waals surface area contributed by atoms with Crippen LogP contribution in [0.4, 0.5) is 0 Å². The van der Waals surface area contributed by atoms with Crippen LogP contribution in [-0.4, -0.2) is 37.2 Å². The normalized spacial score (nSPS) is 12.8. The van der Waals surface area contributed by atoms with E-state index < -0.39 is 6.10 Å². The Morgan fingerprint density at radius 1 is 0.379 bits per heavy atom. The van der Waals surface area contributed by atoms with Gasteiger partial charge in [0.15, 0.2) is 6.10 Å². The maximum absolute atomic E-state index is 12.7. The Bertz CT molecular complexity index is 1160. The van der Waals surface area contributed by atoms with Gasteiger partial charge in [-0.15, -0.1) is 0 Å². The van der Waals surface area contributed by atoms with Crippen LogP contribution in [0.25, 0.3) is 0 Å². The van der Waals surface area contributed by atoms with Gasteiger partial charge in [-0.2, -0.15) is 0 Å². The maximum atomic E-state index is 12.7. The molecule has 0 aromatic heterocycles. The third kappa shape index (κ3) is 43.7. The maximum Gasteiger partial charge on any atom is 0.306 e. The highest BCUT2D eigenvalue weighted by Gasteiger charge is 2.19. The first-order valence-electron chi connectivity index (χ1n) is 23.6. The van der Waals surface area contributed by atoms with Crippen molar-refractivity contribution in [1.29, 1.82) is 0 Å². The fourth-order valence-corrected chi connectivity index (χ4v) is 6.08. The van der Waals surface area contributed by atoms with Gasteiger partial charge in [0.05, 0.1) is 0 Å². The van der Waals surface area contributed by atoms with Gasteiger partial charge >= 0.3 is 17.9 Å². The van der Waals surface area contributed by atoms with E-state index in [2.05, 4.69) is 106 Å². The van der Waals surface area contributed by atoms with E-state index in [1.54, 1.807) is 0 Å². The van der Waals surface area contributed by atoms with Gasteiger partial charge in [0, 0.05) is 19.3 Å². The van der Waals surface area contributed by atoms with Gasteiger partial charge in [0.25, 0.3) is 0 Å². The molecule has 0 amide bonds. The lowest BCUT2D eigenvalue weighted by Crippen LogP contribution is -2.30. The zero-order valence-electron chi connectivity index (χ0n) is 37.5. The molecule has 330 valence electrons. The number of hydrogen-bond acceptors (Lipinski definition) is 6. The van der Waals surface area contributed by atoms with Crippen molar-refractivity contribution in [3.8, 4) is 0 Å². The van der Waals surface area contributed by atoms with Gasteiger partial charge in [-0.25, -0.2) is 0 Å². The van der Waals surface area contributed by atoms with Crippen LogP contribution in [0.15, 0.2) is 85.1 Å². The average Bonchev–Trinajstić information content (AvgIpc) is 3.22. The molecular formula is C52H86O6. The predicted octanol–water partition coefficient (Wildman–Crippen LogP) is 15.3. The molecule has 0 aromatic rings. The molecule has 6 heteroatoms. The van der Waals surface area contributed by atoms with E-state index in [0.717, 1.165) is 96.3 Å². The minimum Gasteiger partial charge on any atom is -0.462 e. The summed E-state index contributed by atoms with van der Waals surface area (Å²) in [5, 5.41) is 0. The molecule has 0 saturated heterocycles. The van der Waals surface area contributed by atoms with Crippen molar-refractivity contribution in [1.82, 2.24) is 0 Å². The van der Waals surface area contributed by atoms with E-state index in [-0.39, 0.29) is 37.5 Å². The number of carbonyl (C=O) groups is 3. The SMILES string of the molecule is CC/C=C\C/C=C\C/C=C\CCCC(=O)OC(COC(=O)CCCCC/C=C\C=C/CCCC)COC(=O)CCCCCCC/C=C\C=C/CCCCCCCCC. The molecule has 0 rings (SSSR count). The molecule has 0 heterocycles. The second kappa shape index (κ2) is 46.3. The first kappa shape index (κ1) is 54.6. The molecule has 0 N–H and O–H groups in total. The van der Waals surface area contributed by atoms with Crippen LogP contribution in [0.1, 0.15) is 207 Å². The Morgan fingerprint density at radius 2 is 0.759 bits per heavy atom. The minimum atomic E-state index is -0.818. The van der Waals surface area contributed by atoms with Crippen molar-refractivity contribution >= 4 is 17.9 Å². The van der Waals surface area contributed by atoms with Crippen molar-refractivity contribution in [2.75, 3.05) is 13.2 Å². The Balaban J connectivity index is 4.45. The van der Waals surface area contributed by atoms with E-state index >= 15 is 0 Å². The number of ether oxygens (including phenoxy) is 3. The predicted molar refractivity (Wildman–Crippen MR) is 247 cm³/mol. The molecule has 1 atom stereocenters. The molecule has 0 bridgehead atoms. The molecular weight excluding hydrogens is 721 g/mol. The lowest BCUT2D eigenvalue weighted by molar-refractivity contribution is -0.167. The summed E-state index contributed by atoms with van der Waals surface area (Å²) in [6.07, 6.45) is 58.7. The molecule has 6 nitrogen and oxygen atoms in total. The molecule has 0 aliphatic carbocycles. The number of unbranched alkanes of at least 4 members (excludes halogenated alkanes) is 18. The van der Waals surface area contributed by atoms with Crippen molar-refractivity contribution in [2.24, 2.45) is 0 Å². The summed E-state index contributed by atoms with van der Waals surface area (Å²) in [5.41, 5.74) is 0. The second-order valence-corrected chi connectivity index (χ2v) is 15.3. The summed E-state index contributed by atoms with van der Waals surface area (Å²) in [4.78, 5) is 37.7. The summed E-state index contributed by atoms with van der Waals surface area (Å²) < 4.78 is 16.6. The number of allylic oxidation sites excluding steroid dienone is 14. The number of rotatable bonds is 41. The van der Waals surface area contributed by atoms with Crippen molar-refractivity contribution < 1.29 is 28.6 Å². The van der Waals surface area contributed by atoms with Crippen LogP contribution < -0.4 is 0 Å². The molecule has 1 unspecified atom stereocenters. The third-order valence-electron chi connectivity index (χ3n) is 9.66. The van der Waals surface area contributed by atoms with Crippen molar-refractivity contribution in [2.45, 2.75) is 213 Å². The van der Waals surface area contributed by atoms with Crippen molar-refractivity contribution in [3.63, 3.8) is 0 Å². The molecule has 0 aromatic carbocycles. The summed E-state index contributed by atoms with van der Waals surface area (Å²) >= 11 is 0. The van der Waals surface area contributed by atoms with Crippen LogP contribution in [0.5, 0.6) is 0 Å². The molecule has 0 spiro atoms. The standard InChI is InChI=1S/C52H86O6/c1-4-7-10-13-16-19-22-23-24-25-26-27-28-31-33-36-39-42-45-51(54)57-48-49(58-52(55)46-43-40-37-34-30-21-18-15-12-9-6-3)47-56-50(53)44-41-38-35-32-29-20-17-14-11-8-5-2/h9,12,14,17-18,20-21,24-27,29,34,37,49H,4-8,10-11,13,15-16,19,22-23,28,30-33,35-36,38-48H2,1-3H3/b12-9-,17-14-,21-18-,25-24-,27-26-,29-20-,37-34-. The van der Waals surface area contributed by atoms with Gasteiger partial charge < -0.3 is 14.2 Å². The summed E-state index contributed by atoms with van der Waals surface area (Å²) in [6, 6.07) is 0. The summed E-state index contributed by atoms with van der Waals surface area (Å²) in [7, 11) is 0. The van der Waals surface area contributed by atoms with Gasteiger partial charge in [0.2, 0.25) is 0 Å². The Kier molecular flexibility index (Phi) is 43.6. The van der Waals surface area contributed by atoms with Gasteiger partial charge in [-0.05, 0) is 89.9 Å². The first-order chi connectivity index (χ1) is 28.5. The second-order valence-electron chi connectivity index (χ2n) is 15.3. The Labute approximate surface area is 356 Å². The van der Waals surface area contributed by atoms with Crippen LogP contribution >= 0.6 is 0 Å². The quantitative estimate of drug-likeness (QED) is 0.0201. The van der Waals surface area contributed by atoms with Gasteiger partial charge in [0.1, 0.15) is 13.2 Å². The molecule has 0 aliphatic rings. The number of carbonyl (C=O) groups excluding carboxylic acids is 3. The lowest BCUT2D eigenvalue weighted by Gasteiger charge is -2.18. The molecule has 0 fully saturated rings. The molecule has 0 aliphatic heterocycles. The monoisotopic (exact) mass is 807 g/mol. The highest BCUT2D eigenvalue weighted by atomic mass is 16.6. The number of esters is 3. The lowest BCUT2D eigenvalue weighted by atomic mass is 10.1. The highest BCUT2D eigenvalue weighted by Crippen LogP contribution is 2.12. The summed E-state index contributed by atoms with van der Waals surface area (Å²) in [6.45, 7) is 6.35. The van der Waals surface area contributed by atoms with Gasteiger partial charge in [-0.1, -0.05) is 183 Å². The van der Waals surface area contributed by atoms with E-state index in [1.807, 2.05) is 0 Å². The molecule has 0 saturated carbocycles. The number of hydrogen-bond donors (Lipinski definition) is 0. The first-order valence-corrected chi connectivity index (χ1v) is 23.6. The highest BCUT2D eigenvalue weighted by molar-refractivity contribution is 5.71. The topological polar surface area (TPSA) is 78.9 Å². The molecule has 0 radical (unpaired) electrons. The van der Waals surface area contributed by atoms with E-state index in [9.17, 15) is 14.4 Å². The summed E-state index contributed by atoms with van der Waals surface area (Å²) in [5.74, 6) is -1.02. The van der Waals surface area contributed by atoms with Crippen LogP contribution in [0.3, 0.4) is 0 Å². The minimum absolute atomic E-state index is 0.114. The van der Waals surface area contributed by atoms with Crippen LogP contribution in [0.2, 0.25) is 0 Å². The Hall–Kier alpha value is -3.41. The van der Waals surface area contributed by atoms with E-state index in [1.165, 1.54) is 64.2 Å². The van der Waals surface area contributed by atoms with Crippen molar-refractivity contribution in [3.05, 3.63) is 85.1 Å². The van der Waals surface area contributed by atoms with E-state index in [4.69, 9.17) is 14.2 Å². The fourth-order valence-electron chi connectivity index (χ4n) is 6.08. The van der Waals surface area contributed by atoms with Crippen LogP contribution in [0, 0.1) is 0 Å². The smallest absolute Gasteiger partial charge is 0.306 e. The largest absolute Gasteiger partial charge is 0.462 e. The average molecular weight is 807 g/mol. The fraction of sp³-hybridized carbons (Fsp3) is 0.673.